The molecule has 0 spiro atoms. The van der Waals surface area contributed by atoms with Crippen LogP contribution in [0.2, 0.25) is 0 Å². The molecule has 1 saturated carbocycles. The predicted octanol–water partition coefficient (Wildman–Crippen LogP) is 4.37. The van der Waals surface area contributed by atoms with Gasteiger partial charge in [0.2, 0.25) is 0 Å². The van der Waals surface area contributed by atoms with Crippen LogP contribution in [-0.4, -0.2) is 11.5 Å². The third-order valence-electron chi connectivity index (χ3n) is 5.36. The molecule has 1 aromatic carbocycles. The van der Waals surface area contributed by atoms with Gasteiger partial charge in [0.15, 0.2) is 0 Å². The monoisotopic (exact) mass is 280 g/mol. The lowest BCUT2D eigenvalue weighted by atomic mass is 9.77. The molecule has 1 aromatic heterocycles. The summed E-state index contributed by atoms with van der Waals surface area (Å²) in [6.45, 7) is 1.05. The largest absolute Gasteiger partial charge is 0.364 e. The fourth-order valence-electron chi connectivity index (χ4n) is 4.28. The van der Waals surface area contributed by atoms with Crippen molar-refractivity contribution in [2.45, 2.75) is 44.1 Å². The number of hydrogen-bond acceptors (Lipinski definition) is 1. The van der Waals surface area contributed by atoms with Crippen molar-refractivity contribution in [1.29, 1.82) is 0 Å². The van der Waals surface area contributed by atoms with Crippen molar-refractivity contribution in [3.8, 4) is 0 Å². The van der Waals surface area contributed by atoms with Crippen molar-refractivity contribution < 1.29 is 0 Å². The van der Waals surface area contributed by atoms with Crippen molar-refractivity contribution in [2.75, 3.05) is 6.54 Å². The number of H-pyrrole nitrogens is 1. The molecule has 110 valence electrons. The molecule has 2 aliphatic rings. The van der Waals surface area contributed by atoms with Crippen LogP contribution >= 0.6 is 0 Å². The minimum absolute atomic E-state index is 0.469. The molecule has 2 aromatic rings. The zero-order valence-corrected chi connectivity index (χ0v) is 12.5. The Morgan fingerprint density at radius 3 is 2.52 bits per heavy atom. The fraction of sp³-hybridized carbons (Fsp3) is 0.474. The normalized spacial score (nSPS) is 26.5. The van der Waals surface area contributed by atoms with Crippen LogP contribution in [0.5, 0.6) is 0 Å². The lowest BCUT2D eigenvalue weighted by molar-refractivity contribution is 0.260. The molecule has 2 nitrogen and oxygen atoms in total. The van der Waals surface area contributed by atoms with E-state index in [0.29, 0.717) is 12.0 Å². The Balaban J connectivity index is 1.64. The Bertz CT molecular complexity index is 581. The Hall–Kier alpha value is -1.54. The van der Waals surface area contributed by atoms with Gasteiger partial charge in [-0.3, -0.25) is 0 Å². The van der Waals surface area contributed by atoms with E-state index < -0.39 is 0 Å². The maximum Gasteiger partial charge on any atom is 0.0369 e. The smallest absolute Gasteiger partial charge is 0.0369 e. The zero-order valence-electron chi connectivity index (χ0n) is 12.5. The maximum absolute atomic E-state index is 3.86. The first kappa shape index (κ1) is 13.1. The second-order valence-electron chi connectivity index (χ2n) is 6.59. The number of aromatic amines is 1. The Kier molecular flexibility index (Phi) is 3.56. The van der Waals surface area contributed by atoms with E-state index in [1.54, 1.807) is 0 Å². The molecule has 2 N–H and O–H groups in total. The van der Waals surface area contributed by atoms with Crippen LogP contribution in [-0.2, 0) is 0 Å². The van der Waals surface area contributed by atoms with Gasteiger partial charge in [0.25, 0.3) is 0 Å². The highest BCUT2D eigenvalue weighted by molar-refractivity contribution is 5.38. The van der Waals surface area contributed by atoms with Crippen molar-refractivity contribution in [3.05, 3.63) is 59.4 Å². The summed E-state index contributed by atoms with van der Waals surface area (Å²) < 4.78 is 0. The number of hydrogen-bond donors (Lipinski definition) is 2. The number of fused-ring (bicyclic) bond motifs is 1. The lowest BCUT2D eigenvalue weighted by Crippen LogP contribution is -2.37. The molecule has 21 heavy (non-hydrogen) atoms. The van der Waals surface area contributed by atoms with Gasteiger partial charge in [-0.15, -0.1) is 0 Å². The molecule has 1 aliphatic heterocycles. The van der Waals surface area contributed by atoms with Gasteiger partial charge in [0.1, 0.15) is 0 Å². The lowest BCUT2D eigenvalue weighted by Gasteiger charge is -2.37. The van der Waals surface area contributed by atoms with Crippen molar-refractivity contribution >= 4 is 0 Å². The molecule has 0 saturated heterocycles. The molecule has 1 unspecified atom stereocenters. The van der Waals surface area contributed by atoms with E-state index in [2.05, 4.69) is 52.9 Å². The molecule has 0 bridgehead atoms. The predicted molar refractivity (Wildman–Crippen MR) is 86.4 cm³/mol. The molecule has 0 amide bonds. The molecule has 2 heteroatoms. The number of nitrogens with one attached hydrogen (secondary N) is 2. The van der Waals surface area contributed by atoms with Gasteiger partial charge in [-0.2, -0.15) is 0 Å². The minimum atomic E-state index is 0.469. The topological polar surface area (TPSA) is 27.8 Å². The highest BCUT2D eigenvalue weighted by Gasteiger charge is 2.33. The summed E-state index contributed by atoms with van der Waals surface area (Å²) in [6, 6.07) is 13.7. The molecular weight excluding hydrogens is 256 g/mol. The summed E-state index contributed by atoms with van der Waals surface area (Å²) in [6.07, 6.45) is 9.14. The van der Waals surface area contributed by atoms with Crippen molar-refractivity contribution in [3.63, 3.8) is 0 Å². The summed E-state index contributed by atoms with van der Waals surface area (Å²) in [5.74, 6) is 1.29. The Morgan fingerprint density at radius 1 is 0.905 bits per heavy atom. The van der Waals surface area contributed by atoms with Crippen LogP contribution in [0.25, 0.3) is 0 Å². The molecule has 1 fully saturated rings. The van der Waals surface area contributed by atoms with E-state index >= 15 is 0 Å². The average molecular weight is 280 g/mol. The minimum Gasteiger partial charge on any atom is -0.364 e. The summed E-state index contributed by atoms with van der Waals surface area (Å²) in [4.78, 5) is 3.54. The third-order valence-corrected chi connectivity index (χ3v) is 5.36. The molecular formula is C19H24N2. The summed E-state index contributed by atoms with van der Waals surface area (Å²) in [7, 11) is 0. The van der Waals surface area contributed by atoms with E-state index in [-0.39, 0.29) is 0 Å². The van der Waals surface area contributed by atoms with Gasteiger partial charge >= 0.3 is 0 Å². The first-order valence-corrected chi connectivity index (χ1v) is 8.39. The van der Waals surface area contributed by atoms with E-state index in [4.69, 9.17) is 0 Å². The average Bonchev–Trinajstić information content (AvgIpc) is 3.05. The van der Waals surface area contributed by atoms with Gasteiger partial charge in [-0.25, -0.2) is 0 Å². The van der Waals surface area contributed by atoms with Crippen molar-refractivity contribution in [2.24, 2.45) is 5.92 Å². The second kappa shape index (κ2) is 5.69. The summed E-state index contributed by atoms with van der Waals surface area (Å²) >= 11 is 0. The molecule has 1 aliphatic carbocycles. The quantitative estimate of drug-likeness (QED) is 0.840. The maximum atomic E-state index is 3.86. The third kappa shape index (κ3) is 2.42. The molecule has 4 rings (SSSR count). The van der Waals surface area contributed by atoms with E-state index in [9.17, 15) is 0 Å². The molecule has 2 atom stereocenters. The van der Waals surface area contributed by atoms with Crippen LogP contribution in [0, 0.1) is 5.92 Å². The van der Waals surface area contributed by atoms with Crippen LogP contribution < -0.4 is 5.32 Å². The van der Waals surface area contributed by atoms with Crippen LogP contribution in [0.1, 0.15) is 60.9 Å². The van der Waals surface area contributed by atoms with E-state index in [0.717, 1.165) is 12.5 Å². The first-order chi connectivity index (χ1) is 10.4. The molecule has 0 radical (unpaired) electrons. The fourth-order valence-corrected chi connectivity index (χ4v) is 4.28. The van der Waals surface area contributed by atoms with Gasteiger partial charge in [-0.05, 0) is 36.0 Å². The van der Waals surface area contributed by atoms with E-state index in [1.165, 1.54) is 48.9 Å². The van der Waals surface area contributed by atoms with Gasteiger partial charge in [0.05, 0.1) is 0 Å². The Labute approximate surface area is 127 Å². The van der Waals surface area contributed by atoms with E-state index in [1.807, 2.05) is 0 Å². The van der Waals surface area contributed by atoms with Gasteiger partial charge in [-0.1, -0.05) is 49.6 Å². The number of rotatable bonds is 2. The standard InChI is InChI=1S/C19H24N2/c1-3-7-14(8-4-1)17-13-21-18(15-9-5-2-6-10-15)16-11-12-20-19(16)17/h1,3-4,7-8,11-12,15,17-18,20-21H,2,5-6,9-10,13H2/t17-,18?/m1/s1. The van der Waals surface area contributed by atoms with Gasteiger partial charge < -0.3 is 10.3 Å². The highest BCUT2D eigenvalue weighted by Crippen LogP contribution is 2.41. The highest BCUT2D eigenvalue weighted by atomic mass is 15.0. The first-order valence-electron chi connectivity index (χ1n) is 8.39. The SMILES string of the molecule is c1ccc([C@H]2CNC(C3CCCCC3)c3cc[nH]c32)cc1. The van der Waals surface area contributed by atoms with Crippen LogP contribution in [0.3, 0.4) is 0 Å². The van der Waals surface area contributed by atoms with Crippen LogP contribution in [0.4, 0.5) is 0 Å². The summed E-state index contributed by atoms with van der Waals surface area (Å²) in [5, 5.41) is 3.86. The Morgan fingerprint density at radius 2 is 1.71 bits per heavy atom. The van der Waals surface area contributed by atoms with Crippen molar-refractivity contribution in [1.82, 2.24) is 10.3 Å². The van der Waals surface area contributed by atoms with Gasteiger partial charge in [0, 0.05) is 30.4 Å². The summed E-state index contributed by atoms with van der Waals surface area (Å²) in [5.41, 5.74) is 4.37. The second-order valence-corrected chi connectivity index (χ2v) is 6.59. The zero-order chi connectivity index (χ0) is 14.1. The number of aromatic nitrogens is 1. The molecule has 2 heterocycles. The van der Waals surface area contributed by atoms with Crippen LogP contribution in [0.15, 0.2) is 42.6 Å². The number of benzene rings is 1.